The maximum atomic E-state index is 12.0. The summed E-state index contributed by atoms with van der Waals surface area (Å²) in [5, 5.41) is 7.53. The number of hydrogen-bond donors (Lipinski definition) is 2. The van der Waals surface area contributed by atoms with Crippen LogP contribution < -0.4 is 10.6 Å². The Labute approximate surface area is 137 Å². The molecule has 0 aliphatic rings. The van der Waals surface area contributed by atoms with Gasteiger partial charge in [0.25, 0.3) is 0 Å². The topological polar surface area (TPSA) is 75.5 Å². The molecular formula is C16H16N4O2S. The number of anilines is 1. The zero-order valence-electron chi connectivity index (χ0n) is 12.6. The van der Waals surface area contributed by atoms with Crippen LogP contribution in [-0.4, -0.2) is 21.2 Å². The lowest BCUT2D eigenvalue weighted by molar-refractivity contribution is -0.120. The standard InChI is InChI=1S/C16H16N4O2S/c1-11(21)18-13-4-2-12(3-5-13)8-15(22)17-9-14-10-20-6-7-23-16(20)19-14/h2-7,10H,8-9H2,1H3,(H,17,22)(H,18,21). The lowest BCUT2D eigenvalue weighted by Gasteiger charge is -2.05. The maximum absolute atomic E-state index is 12.0. The largest absolute Gasteiger partial charge is 0.350 e. The number of imidazole rings is 1. The molecule has 2 N–H and O–H groups in total. The van der Waals surface area contributed by atoms with Crippen molar-refractivity contribution >= 4 is 33.8 Å². The minimum absolute atomic E-state index is 0.0615. The molecule has 2 aromatic heterocycles. The van der Waals surface area contributed by atoms with Crippen molar-refractivity contribution in [1.29, 1.82) is 0 Å². The highest BCUT2D eigenvalue weighted by Gasteiger charge is 2.06. The van der Waals surface area contributed by atoms with E-state index in [-0.39, 0.29) is 11.8 Å². The van der Waals surface area contributed by atoms with Crippen LogP contribution in [0.5, 0.6) is 0 Å². The van der Waals surface area contributed by atoms with Crippen molar-refractivity contribution in [3.63, 3.8) is 0 Å². The summed E-state index contributed by atoms with van der Waals surface area (Å²) in [4.78, 5) is 28.3. The Bertz CT molecular complexity index is 807. The summed E-state index contributed by atoms with van der Waals surface area (Å²) in [5.74, 6) is -0.177. The fourth-order valence-electron chi connectivity index (χ4n) is 2.21. The molecule has 7 heteroatoms. The van der Waals surface area contributed by atoms with Crippen LogP contribution in [-0.2, 0) is 22.6 Å². The van der Waals surface area contributed by atoms with Crippen molar-refractivity contribution in [2.75, 3.05) is 5.32 Å². The lowest BCUT2D eigenvalue weighted by Crippen LogP contribution is -2.24. The van der Waals surface area contributed by atoms with E-state index in [1.807, 2.05) is 34.3 Å². The first-order valence-electron chi connectivity index (χ1n) is 7.14. The van der Waals surface area contributed by atoms with Gasteiger partial charge in [-0.25, -0.2) is 4.98 Å². The van der Waals surface area contributed by atoms with Gasteiger partial charge in [-0.1, -0.05) is 12.1 Å². The molecule has 0 aliphatic heterocycles. The first-order valence-corrected chi connectivity index (χ1v) is 8.02. The van der Waals surface area contributed by atoms with Crippen LogP contribution in [0.1, 0.15) is 18.2 Å². The summed E-state index contributed by atoms with van der Waals surface area (Å²) in [6.45, 7) is 1.87. The molecule has 1 aromatic carbocycles. The molecule has 3 aromatic rings. The molecule has 118 valence electrons. The monoisotopic (exact) mass is 328 g/mol. The number of rotatable bonds is 5. The van der Waals surface area contributed by atoms with Crippen molar-refractivity contribution in [3.05, 3.63) is 53.3 Å². The van der Waals surface area contributed by atoms with Gasteiger partial charge in [0.15, 0.2) is 4.96 Å². The molecule has 0 aliphatic carbocycles. The average molecular weight is 328 g/mol. The molecule has 3 rings (SSSR count). The van der Waals surface area contributed by atoms with E-state index in [0.29, 0.717) is 13.0 Å². The van der Waals surface area contributed by atoms with Gasteiger partial charge >= 0.3 is 0 Å². The van der Waals surface area contributed by atoms with Gasteiger partial charge in [0.05, 0.1) is 18.7 Å². The smallest absolute Gasteiger partial charge is 0.224 e. The zero-order valence-corrected chi connectivity index (χ0v) is 13.4. The third-order valence-electron chi connectivity index (χ3n) is 3.25. The predicted molar refractivity (Wildman–Crippen MR) is 89.4 cm³/mol. The summed E-state index contributed by atoms with van der Waals surface area (Å²) in [6, 6.07) is 7.23. The highest BCUT2D eigenvalue weighted by molar-refractivity contribution is 7.15. The van der Waals surface area contributed by atoms with Gasteiger partial charge in [-0.05, 0) is 17.7 Å². The van der Waals surface area contributed by atoms with Crippen LogP contribution in [0, 0.1) is 0 Å². The normalized spacial score (nSPS) is 10.7. The number of hydrogen-bond acceptors (Lipinski definition) is 4. The third kappa shape index (κ3) is 3.95. The summed E-state index contributed by atoms with van der Waals surface area (Å²) >= 11 is 1.56. The first-order chi connectivity index (χ1) is 11.1. The van der Waals surface area contributed by atoms with E-state index in [4.69, 9.17) is 0 Å². The van der Waals surface area contributed by atoms with Gasteiger partial charge in [0, 0.05) is 30.4 Å². The van der Waals surface area contributed by atoms with Crippen molar-refractivity contribution in [2.45, 2.75) is 19.9 Å². The van der Waals surface area contributed by atoms with E-state index in [0.717, 1.165) is 21.9 Å². The maximum Gasteiger partial charge on any atom is 0.224 e. The Kier molecular flexibility index (Phi) is 4.38. The highest BCUT2D eigenvalue weighted by atomic mass is 32.1. The fourth-order valence-corrected chi connectivity index (χ4v) is 2.93. The Morgan fingerprint density at radius 3 is 2.74 bits per heavy atom. The molecule has 0 unspecified atom stereocenters. The number of carbonyl (C=O) groups is 2. The Morgan fingerprint density at radius 2 is 2.04 bits per heavy atom. The molecule has 6 nitrogen and oxygen atoms in total. The number of amides is 2. The number of thiazole rings is 1. The van der Waals surface area contributed by atoms with Crippen LogP contribution >= 0.6 is 11.3 Å². The Balaban J connectivity index is 1.52. The number of fused-ring (bicyclic) bond motifs is 1. The first kappa shape index (κ1) is 15.2. The predicted octanol–water partition coefficient (Wildman–Crippen LogP) is 2.21. The molecular weight excluding hydrogens is 312 g/mol. The highest BCUT2D eigenvalue weighted by Crippen LogP contribution is 2.12. The minimum atomic E-state index is -0.115. The minimum Gasteiger partial charge on any atom is -0.350 e. The molecule has 0 fully saturated rings. The number of aromatic nitrogens is 2. The van der Waals surface area contributed by atoms with Crippen molar-refractivity contribution in [1.82, 2.24) is 14.7 Å². The van der Waals surface area contributed by atoms with Crippen LogP contribution in [0.4, 0.5) is 5.69 Å². The molecule has 0 saturated heterocycles. The number of carbonyl (C=O) groups excluding carboxylic acids is 2. The fraction of sp³-hybridized carbons (Fsp3) is 0.188. The second-order valence-corrected chi connectivity index (χ2v) is 6.03. The zero-order chi connectivity index (χ0) is 16.2. The van der Waals surface area contributed by atoms with E-state index in [9.17, 15) is 9.59 Å². The SMILES string of the molecule is CC(=O)Nc1ccc(CC(=O)NCc2cn3ccsc3n2)cc1. The molecule has 2 heterocycles. The van der Waals surface area contributed by atoms with Gasteiger partial charge in [0.1, 0.15) is 0 Å². The molecule has 0 bridgehead atoms. The summed E-state index contributed by atoms with van der Waals surface area (Å²) in [7, 11) is 0. The number of nitrogens with zero attached hydrogens (tertiary/aromatic N) is 2. The number of nitrogens with one attached hydrogen (secondary N) is 2. The van der Waals surface area contributed by atoms with E-state index < -0.39 is 0 Å². The van der Waals surface area contributed by atoms with Crippen LogP contribution in [0.15, 0.2) is 42.0 Å². The van der Waals surface area contributed by atoms with Gasteiger partial charge < -0.3 is 10.6 Å². The lowest BCUT2D eigenvalue weighted by atomic mass is 10.1. The van der Waals surface area contributed by atoms with E-state index in [2.05, 4.69) is 15.6 Å². The van der Waals surface area contributed by atoms with Gasteiger partial charge in [-0.3, -0.25) is 14.0 Å². The number of benzene rings is 1. The molecule has 0 spiro atoms. The van der Waals surface area contributed by atoms with Crippen LogP contribution in [0.25, 0.3) is 4.96 Å². The van der Waals surface area contributed by atoms with Crippen molar-refractivity contribution < 1.29 is 9.59 Å². The van der Waals surface area contributed by atoms with Gasteiger partial charge in [0.2, 0.25) is 11.8 Å². The van der Waals surface area contributed by atoms with E-state index in [1.54, 1.807) is 23.5 Å². The molecule has 0 saturated carbocycles. The van der Waals surface area contributed by atoms with E-state index in [1.165, 1.54) is 6.92 Å². The van der Waals surface area contributed by atoms with Gasteiger partial charge in [-0.2, -0.15) is 0 Å². The summed E-state index contributed by atoms with van der Waals surface area (Å²) in [6.07, 6.45) is 4.14. The third-order valence-corrected chi connectivity index (χ3v) is 4.02. The van der Waals surface area contributed by atoms with Crippen LogP contribution in [0.3, 0.4) is 0 Å². The summed E-state index contributed by atoms with van der Waals surface area (Å²) in [5.41, 5.74) is 2.45. The molecule has 0 atom stereocenters. The molecule has 23 heavy (non-hydrogen) atoms. The van der Waals surface area contributed by atoms with Crippen molar-refractivity contribution in [3.8, 4) is 0 Å². The average Bonchev–Trinajstić information content (AvgIpc) is 3.08. The second-order valence-electron chi connectivity index (χ2n) is 5.16. The van der Waals surface area contributed by atoms with Crippen LogP contribution in [0.2, 0.25) is 0 Å². The Hall–Kier alpha value is -2.67. The second kappa shape index (κ2) is 6.62. The van der Waals surface area contributed by atoms with E-state index >= 15 is 0 Å². The molecule has 0 radical (unpaired) electrons. The molecule has 2 amide bonds. The Morgan fingerprint density at radius 1 is 1.26 bits per heavy atom. The summed E-state index contributed by atoms with van der Waals surface area (Å²) < 4.78 is 1.94. The van der Waals surface area contributed by atoms with Crippen molar-refractivity contribution in [2.24, 2.45) is 0 Å². The van der Waals surface area contributed by atoms with Gasteiger partial charge in [-0.15, -0.1) is 11.3 Å². The quantitative estimate of drug-likeness (QED) is 0.754.